The van der Waals surface area contributed by atoms with Gasteiger partial charge in [0.2, 0.25) is 0 Å². The minimum atomic E-state index is -1.05. The number of rotatable bonds is 2. The van der Waals surface area contributed by atoms with Crippen molar-refractivity contribution in [1.29, 1.82) is 0 Å². The molecule has 0 radical (unpaired) electrons. The number of carboxylic acid groups (broad SMARTS) is 1. The third-order valence-electron chi connectivity index (χ3n) is 4.22. The Morgan fingerprint density at radius 3 is 2.36 bits per heavy atom. The largest absolute Gasteiger partial charge is 0.480 e. The molecule has 126 valence electrons. The second-order valence-corrected chi connectivity index (χ2v) is 6.90. The van der Waals surface area contributed by atoms with Gasteiger partial charge >= 0.3 is 12.1 Å². The molecular weight excluding hydrogens is 288 g/mol. The van der Waals surface area contributed by atoms with Crippen LogP contribution in [-0.4, -0.2) is 70.6 Å². The number of piperidine rings is 1. The molecule has 0 aromatic carbocycles. The third-order valence-corrected chi connectivity index (χ3v) is 4.22. The average Bonchev–Trinajstić information content (AvgIpc) is 2.77. The highest BCUT2D eigenvalue weighted by molar-refractivity contribution is 5.81. The molecule has 2 rings (SSSR count). The van der Waals surface area contributed by atoms with Crippen LogP contribution in [0.3, 0.4) is 0 Å². The van der Waals surface area contributed by atoms with Gasteiger partial charge in [-0.3, -0.25) is 4.90 Å². The number of hydrogen-bond donors (Lipinski definition) is 1. The van der Waals surface area contributed by atoms with Gasteiger partial charge in [0.1, 0.15) is 11.3 Å². The summed E-state index contributed by atoms with van der Waals surface area (Å²) in [4.78, 5) is 27.6. The van der Waals surface area contributed by atoms with E-state index in [1.165, 1.54) is 4.90 Å². The quantitative estimate of drug-likeness (QED) is 0.832. The summed E-state index contributed by atoms with van der Waals surface area (Å²) < 4.78 is 11.2. The van der Waals surface area contributed by atoms with Crippen LogP contribution in [0.25, 0.3) is 0 Å². The predicted molar refractivity (Wildman–Crippen MR) is 79.5 cm³/mol. The summed E-state index contributed by atoms with van der Waals surface area (Å²) in [5, 5.41) is 9.40. The van der Waals surface area contributed by atoms with Crippen molar-refractivity contribution < 1.29 is 24.2 Å². The maximum absolute atomic E-state index is 12.5. The number of carbonyl (C=O) groups is 2. The highest BCUT2D eigenvalue weighted by Crippen LogP contribution is 2.38. The number of nitrogens with zero attached hydrogens (tertiary/aromatic N) is 2. The lowest BCUT2D eigenvalue weighted by atomic mass is 9.98. The number of hydrogen-bond acceptors (Lipinski definition) is 5. The van der Waals surface area contributed by atoms with Crippen molar-refractivity contribution in [3.63, 3.8) is 0 Å². The van der Waals surface area contributed by atoms with Gasteiger partial charge in [-0.15, -0.1) is 0 Å². The fraction of sp³-hybridized carbons (Fsp3) is 0.867. The van der Waals surface area contributed by atoms with E-state index in [9.17, 15) is 14.7 Å². The first-order valence-corrected chi connectivity index (χ1v) is 7.80. The van der Waals surface area contributed by atoms with E-state index in [1.807, 2.05) is 0 Å². The maximum Gasteiger partial charge on any atom is 0.413 e. The van der Waals surface area contributed by atoms with Gasteiger partial charge in [-0.1, -0.05) is 6.92 Å². The van der Waals surface area contributed by atoms with E-state index in [0.717, 1.165) is 19.6 Å². The van der Waals surface area contributed by atoms with Gasteiger partial charge in [0.25, 0.3) is 0 Å². The SMILES string of the molecule is CCN1CCC2(CC1)OCC(C(=O)O)N2C(=O)OC(C)(C)C. The van der Waals surface area contributed by atoms with Gasteiger partial charge in [-0.05, 0) is 27.3 Å². The number of amides is 1. The first-order valence-electron chi connectivity index (χ1n) is 7.80. The fourth-order valence-corrected chi connectivity index (χ4v) is 3.05. The van der Waals surface area contributed by atoms with Crippen molar-refractivity contribution in [3.8, 4) is 0 Å². The third kappa shape index (κ3) is 3.35. The summed E-state index contributed by atoms with van der Waals surface area (Å²) in [5.41, 5.74) is -1.52. The van der Waals surface area contributed by atoms with Crippen LogP contribution >= 0.6 is 0 Å². The molecule has 0 aliphatic carbocycles. The molecule has 1 unspecified atom stereocenters. The maximum atomic E-state index is 12.5. The molecule has 7 heteroatoms. The topological polar surface area (TPSA) is 79.3 Å². The second kappa shape index (κ2) is 6.04. The van der Waals surface area contributed by atoms with E-state index in [-0.39, 0.29) is 6.61 Å². The Hall–Kier alpha value is -1.34. The van der Waals surface area contributed by atoms with Crippen molar-refractivity contribution in [3.05, 3.63) is 0 Å². The van der Waals surface area contributed by atoms with Crippen molar-refractivity contribution >= 4 is 12.1 Å². The zero-order valence-corrected chi connectivity index (χ0v) is 13.8. The van der Waals surface area contributed by atoms with Gasteiger partial charge in [0, 0.05) is 25.9 Å². The van der Waals surface area contributed by atoms with E-state index >= 15 is 0 Å². The number of aliphatic carboxylic acids is 1. The van der Waals surface area contributed by atoms with Gasteiger partial charge < -0.3 is 19.5 Å². The standard InChI is InChI=1S/C15H26N2O5/c1-5-16-8-6-15(7-9-16)17(11(10-21-15)12(18)19)13(20)22-14(2,3)4/h11H,5-10H2,1-4H3,(H,18,19). The molecular formula is C15H26N2O5. The number of ether oxygens (including phenoxy) is 2. The molecule has 0 aromatic heterocycles. The van der Waals surface area contributed by atoms with Crippen molar-refractivity contribution in [1.82, 2.24) is 9.80 Å². The van der Waals surface area contributed by atoms with E-state index in [0.29, 0.717) is 12.8 Å². The van der Waals surface area contributed by atoms with Crippen LogP contribution in [0.2, 0.25) is 0 Å². The normalized spacial score (nSPS) is 25.5. The average molecular weight is 314 g/mol. The molecule has 22 heavy (non-hydrogen) atoms. The van der Waals surface area contributed by atoms with E-state index in [1.54, 1.807) is 20.8 Å². The summed E-state index contributed by atoms with van der Waals surface area (Å²) in [6.45, 7) is 9.90. The Morgan fingerprint density at radius 2 is 1.91 bits per heavy atom. The highest BCUT2D eigenvalue weighted by Gasteiger charge is 2.55. The molecule has 2 aliphatic heterocycles. The molecule has 0 aromatic rings. The van der Waals surface area contributed by atoms with Crippen molar-refractivity contribution in [2.75, 3.05) is 26.2 Å². The summed E-state index contributed by atoms with van der Waals surface area (Å²) in [7, 11) is 0. The van der Waals surface area contributed by atoms with Crippen molar-refractivity contribution in [2.24, 2.45) is 0 Å². The molecule has 1 amide bonds. The molecule has 2 heterocycles. The van der Waals surface area contributed by atoms with Crippen LogP contribution < -0.4 is 0 Å². The molecule has 1 N–H and O–H groups in total. The fourth-order valence-electron chi connectivity index (χ4n) is 3.05. The van der Waals surface area contributed by atoms with E-state index in [4.69, 9.17) is 9.47 Å². The molecule has 0 bridgehead atoms. The summed E-state index contributed by atoms with van der Waals surface area (Å²) in [5.74, 6) is -1.05. The van der Waals surface area contributed by atoms with Crippen LogP contribution in [0.15, 0.2) is 0 Å². The number of likely N-dealkylation sites (tertiary alicyclic amines) is 1. The first-order chi connectivity index (χ1) is 10.2. The monoisotopic (exact) mass is 314 g/mol. The Morgan fingerprint density at radius 1 is 1.32 bits per heavy atom. The smallest absolute Gasteiger partial charge is 0.413 e. The minimum Gasteiger partial charge on any atom is -0.480 e. The van der Waals surface area contributed by atoms with Crippen LogP contribution in [-0.2, 0) is 14.3 Å². The molecule has 0 saturated carbocycles. The lowest BCUT2D eigenvalue weighted by molar-refractivity contribution is -0.146. The number of carbonyl (C=O) groups excluding carboxylic acids is 1. The Kier molecular flexibility index (Phi) is 4.67. The van der Waals surface area contributed by atoms with Crippen LogP contribution in [0.1, 0.15) is 40.5 Å². The summed E-state index contributed by atoms with van der Waals surface area (Å²) >= 11 is 0. The molecule has 2 fully saturated rings. The van der Waals surface area contributed by atoms with E-state index in [2.05, 4.69) is 11.8 Å². The lowest BCUT2D eigenvalue weighted by Gasteiger charge is -2.44. The highest BCUT2D eigenvalue weighted by atomic mass is 16.6. The predicted octanol–water partition coefficient (Wildman–Crippen LogP) is 1.52. The second-order valence-electron chi connectivity index (χ2n) is 6.90. The zero-order valence-electron chi connectivity index (χ0n) is 13.8. The van der Waals surface area contributed by atoms with Crippen molar-refractivity contribution in [2.45, 2.75) is 57.9 Å². The minimum absolute atomic E-state index is 0.0146. The summed E-state index contributed by atoms with van der Waals surface area (Å²) in [6.07, 6.45) is 0.593. The Balaban J connectivity index is 2.22. The zero-order chi connectivity index (χ0) is 16.5. The molecule has 1 atom stereocenters. The van der Waals surface area contributed by atoms with E-state index < -0.39 is 29.4 Å². The Bertz CT molecular complexity index is 438. The van der Waals surface area contributed by atoms with Crippen LogP contribution in [0.4, 0.5) is 4.79 Å². The number of carboxylic acids is 1. The summed E-state index contributed by atoms with van der Waals surface area (Å²) in [6, 6.07) is -0.983. The molecule has 2 saturated heterocycles. The first kappa shape index (κ1) is 17.0. The van der Waals surface area contributed by atoms with Gasteiger partial charge in [-0.25, -0.2) is 9.59 Å². The molecule has 2 aliphatic rings. The molecule has 7 nitrogen and oxygen atoms in total. The van der Waals surface area contributed by atoms with Gasteiger partial charge in [0.15, 0.2) is 6.04 Å². The van der Waals surface area contributed by atoms with Gasteiger partial charge in [0.05, 0.1) is 6.61 Å². The van der Waals surface area contributed by atoms with Crippen LogP contribution in [0.5, 0.6) is 0 Å². The van der Waals surface area contributed by atoms with Crippen LogP contribution in [0, 0.1) is 0 Å². The molecule has 1 spiro atoms. The Labute approximate surface area is 131 Å². The van der Waals surface area contributed by atoms with Gasteiger partial charge in [-0.2, -0.15) is 0 Å². The lowest BCUT2D eigenvalue weighted by Crippen LogP contribution is -2.58.